The first-order chi connectivity index (χ1) is 1.91. The Kier molecular flexibility index (Phi) is 2.55. The zero-order chi connectivity index (χ0) is 3.41. The monoisotopic (exact) mass is 52.0 g/mol. The van der Waals surface area contributed by atoms with Crippen LogP contribution in [0.4, 0.5) is 0 Å². The van der Waals surface area contributed by atoms with Crippen LogP contribution in [0.15, 0.2) is 5.09 Å². The molecule has 0 fully saturated rings. The molecule has 0 aliphatic heterocycles. The van der Waals surface area contributed by atoms with Crippen molar-refractivity contribution < 1.29 is 0 Å². The Morgan fingerprint density at radius 2 is 2.25 bits per heavy atom. The van der Waals surface area contributed by atoms with Crippen LogP contribution in [-0.2, 0) is 0 Å². The lowest BCUT2D eigenvalue weighted by Gasteiger charge is -1.47. The highest BCUT2D eigenvalue weighted by atomic mass is 16.2. The Morgan fingerprint density at radius 3 is 2.25 bits per heavy atom. The lowest BCUT2D eigenvalue weighted by molar-refractivity contribution is 1.83. The van der Waals surface area contributed by atoms with Gasteiger partial charge in [0.05, 0.1) is 7.74 Å². The van der Waals surface area contributed by atoms with Gasteiger partial charge in [-0.15, -0.1) is 0 Å². The molecule has 0 aliphatic carbocycles. The van der Waals surface area contributed by atoms with E-state index in [1.165, 1.54) is 0 Å². The summed E-state index contributed by atoms with van der Waals surface area (Å²) in [7, 11) is 5.12. The maximum atomic E-state index is 8.74. The minimum absolute atomic E-state index is 0.694. The largest absolute Gasteiger partial charge is 0.275 e. The molecule has 0 spiro atoms. The van der Waals surface area contributed by atoms with Crippen LogP contribution in [0.25, 0.3) is 0 Å². The molecule has 0 N–H and O–H groups in total. The van der Waals surface area contributed by atoms with E-state index >= 15 is 0 Å². The first-order valence-corrected chi connectivity index (χ1v) is 0.774. The van der Waals surface area contributed by atoms with Crippen molar-refractivity contribution in [2.45, 2.75) is 0 Å². The molecule has 0 aromatic carbocycles. The third-order valence-electron chi connectivity index (χ3n) is 0.0609. The molecule has 4 heteroatoms. The van der Waals surface area contributed by atoms with Crippen LogP contribution in [0.1, 0.15) is 0 Å². The standard InChI is InChI=1S/B2NO/c1-2-3-4. The summed E-state index contributed by atoms with van der Waals surface area (Å²) in [5.41, 5.74) is 0. The summed E-state index contributed by atoms with van der Waals surface area (Å²) in [6.07, 6.45) is 0. The number of nitroso groups, excluding NO2 is 1. The van der Waals surface area contributed by atoms with Gasteiger partial charge >= 0.3 is 0 Å². The summed E-state index contributed by atoms with van der Waals surface area (Å²) in [5, 5.41) is 2.14. The van der Waals surface area contributed by atoms with Crippen LogP contribution in [0.3, 0.4) is 0 Å². The van der Waals surface area contributed by atoms with Crippen molar-refractivity contribution in [1.29, 1.82) is 0 Å². The van der Waals surface area contributed by atoms with Gasteiger partial charge in [0.2, 0.25) is 0 Å². The zero-order valence-electron chi connectivity index (χ0n) is 2.01. The molecule has 17 valence electrons. The molecular weight excluding hydrogens is 51.6 g/mol. The van der Waals surface area contributed by atoms with Gasteiger partial charge in [-0.1, -0.05) is 0 Å². The van der Waals surface area contributed by atoms with Crippen molar-refractivity contribution >= 4 is 15.0 Å². The van der Waals surface area contributed by atoms with Crippen LogP contribution in [0.5, 0.6) is 0 Å². The van der Waals surface area contributed by atoms with Gasteiger partial charge in [0.1, 0.15) is 0 Å². The molecule has 0 bridgehead atoms. The maximum absolute atomic E-state index is 8.74. The van der Waals surface area contributed by atoms with E-state index in [1.807, 2.05) is 0 Å². The Bertz CT molecular complexity index is 20.0. The van der Waals surface area contributed by atoms with Crippen LogP contribution in [-0.4, -0.2) is 15.0 Å². The first kappa shape index (κ1) is 3.73. The van der Waals surface area contributed by atoms with Crippen LogP contribution < -0.4 is 0 Å². The second-order valence-corrected chi connectivity index (χ2v) is 0.254. The molecule has 3 radical (unpaired) electrons. The summed E-state index contributed by atoms with van der Waals surface area (Å²) in [6, 6.07) is 0. The molecule has 0 saturated carbocycles. The molecule has 4 heavy (non-hydrogen) atoms. The molecule has 0 saturated heterocycles. The number of hydrogen-bond donors (Lipinski definition) is 0. The summed E-state index contributed by atoms with van der Waals surface area (Å²) in [6.45, 7) is 0. The van der Waals surface area contributed by atoms with E-state index in [0.717, 1.165) is 0 Å². The molecule has 0 rings (SSSR count). The van der Waals surface area contributed by atoms with Crippen molar-refractivity contribution in [3.63, 3.8) is 0 Å². The van der Waals surface area contributed by atoms with Crippen molar-refractivity contribution in [3.8, 4) is 0 Å². The summed E-state index contributed by atoms with van der Waals surface area (Å²) < 4.78 is 0. The van der Waals surface area contributed by atoms with E-state index in [2.05, 4.69) is 12.8 Å². The van der Waals surface area contributed by atoms with Crippen LogP contribution >= 0.6 is 0 Å². The van der Waals surface area contributed by atoms with Gasteiger partial charge < -0.3 is 0 Å². The number of nitrogens with zero attached hydrogens (tertiary/aromatic N) is 1. The second kappa shape index (κ2) is 2.73. The molecule has 0 atom stereocenters. The van der Waals surface area contributed by atoms with E-state index in [-0.39, 0.29) is 0 Å². The van der Waals surface area contributed by atoms with Gasteiger partial charge in [-0.3, -0.25) is 0 Å². The van der Waals surface area contributed by atoms with Gasteiger partial charge in [-0.2, -0.15) is 9.99 Å². The topological polar surface area (TPSA) is 29.4 Å². The van der Waals surface area contributed by atoms with Crippen LogP contribution in [0, 0.1) is 4.91 Å². The van der Waals surface area contributed by atoms with Crippen LogP contribution in [0.2, 0.25) is 0 Å². The predicted molar refractivity (Wildman–Crippen MR) is 17.3 cm³/mol. The van der Waals surface area contributed by atoms with Gasteiger partial charge in [-0.05, 0) is 0 Å². The molecule has 0 aliphatic rings. The minimum atomic E-state index is 0.694. The highest BCUT2D eigenvalue weighted by Crippen LogP contribution is 1.39. The smallest absolute Gasteiger partial charge is 0.170 e. The predicted octanol–water partition coefficient (Wildman–Crippen LogP) is -0.545. The van der Waals surface area contributed by atoms with E-state index in [9.17, 15) is 0 Å². The van der Waals surface area contributed by atoms with Crippen molar-refractivity contribution in [2.24, 2.45) is 5.09 Å². The van der Waals surface area contributed by atoms with E-state index in [0.29, 0.717) is 7.31 Å². The molecule has 0 aromatic rings. The fourth-order valence-corrected chi connectivity index (χ4v) is 0. The second-order valence-electron chi connectivity index (χ2n) is 0.254. The third-order valence-corrected chi connectivity index (χ3v) is 0.0609. The van der Waals surface area contributed by atoms with E-state index in [1.54, 1.807) is 0 Å². The fraction of sp³-hybridized carbons (Fsp3) is 0. The van der Waals surface area contributed by atoms with Gasteiger partial charge in [0, 0.05) is 0 Å². The molecule has 0 amide bonds. The zero-order valence-corrected chi connectivity index (χ0v) is 2.01. The van der Waals surface area contributed by atoms with Crippen molar-refractivity contribution in [3.05, 3.63) is 4.91 Å². The number of rotatable bonds is 1. The molecular formula is B2NO. The van der Waals surface area contributed by atoms with Crippen molar-refractivity contribution in [1.82, 2.24) is 0 Å². The lowest BCUT2D eigenvalue weighted by Crippen LogP contribution is -1.73. The van der Waals surface area contributed by atoms with Gasteiger partial charge in [-0.25, -0.2) is 0 Å². The summed E-state index contributed by atoms with van der Waals surface area (Å²) in [4.78, 5) is 8.74. The fourth-order valence-electron chi connectivity index (χ4n) is 0. The van der Waals surface area contributed by atoms with Gasteiger partial charge in [0.25, 0.3) is 7.31 Å². The molecule has 0 unspecified atom stereocenters. The summed E-state index contributed by atoms with van der Waals surface area (Å²) in [5.74, 6) is 0. The maximum Gasteiger partial charge on any atom is 0.275 e. The Balaban J connectivity index is 2.30. The molecule has 0 aromatic heterocycles. The summed E-state index contributed by atoms with van der Waals surface area (Å²) >= 11 is 0. The van der Waals surface area contributed by atoms with Crippen molar-refractivity contribution in [2.75, 3.05) is 0 Å². The number of hydrogen-bond acceptors (Lipinski definition) is 2. The van der Waals surface area contributed by atoms with E-state index < -0.39 is 0 Å². The van der Waals surface area contributed by atoms with Gasteiger partial charge in [0.15, 0.2) is 0 Å². The highest BCUT2D eigenvalue weighted by molar-refractivity contribution is 6.88. The average molecular weight is 51.6 g/mol. The molecule has 0 heterocycles. The third kappa shape index (κ3) is 1.73. The first-order valence-electron chi connectivity index (χ1n) is 0.774. The average Bonchev–Trinajstić information content (AvgIpc) is 1.37. The Hall–Kier alpha value is -0.270. The van der Waals surface area contributed by atoms with E-state index in [4.69, 9.17) is 4.91 Å². The highest BCUT2D eigenvalue weighted by Gasteiger charge is 1.60. The normalized spacial score (nSPS) is 5.00. The minimum Gasteiger partial charge on any atom is -0.170 e. The Morgan fingerprint density at radius 1 is 2.00 bits per heavy atom. The SMILES string of the molecule is [B][B]N=O. The molecule has 2 nitrogen and oxygen atoms in total. The quantitative estimate of drug-likeness (QED) is 0.290. The Labute approximate surface area is 26.2 Å². The lowest BCUT2D eigenvalue weighted by atomic mass is 9.69.